The number of nitrogens with one attached hydrogen (secondary N) is 2. The summed E-state index contributed by atoms with van der Waals surface area (Å²) in [7, 11) is 0. The molecule has 2 N–H and O–H groups in total. The highest BCUT2D eigenvalue weighted by Crippen LogP contribution is 2.35. The normalized spacial score (nSPS) is 16.1. The summed E-state index contributed by atoms with van der Waals surface area (Å²) in [6.07, 6.45) is 1.02. The highest BCUT2D eigenvalue weighted by molar-refractivity contribution is 9.10. The molecule has 0 aliphatic carbocycles. The highest BCUT2D eigenvalue weighted by Gasteiger charge is 2.25. The van der Waals surface area contributed by atoms with Crippen LogP contribution < -0.4 is 10.1 Å². The van der Waals surface area contributed by atoms with Crippen LogP contribution in [0.1, 0.15) is 28.4 Å². The van der Waals surface area contributed by atoms with Gasteiger partial charge in [0.1, 0.15) is 12.4 Å². The van der Waals surface area contributed by atoms with Gasteiger partial charge in [-0.25, -0.2) is 0 Å². The third kappa shape index (κ3) is 3.34. The molecule has 4 aromatic rings. The van der Waals surface area contributed by atoms with Crippen LogP contribution in [0.25, 0.3) is 10.9 Å². The Morgan fingerprint density at radius 1 is 0.964 bits per heavy atom. The van der Waals surface area contributed by atoms with Crippen molar-refractivity contribution in [2.24, 2.45) is 0 Å². The Hall–Kier alpha value is -2.56. The molecule has 0 unspecified atom stereocenters. The molecule has 0 fully saturated rings. The van der Waals surface area contributed by atoms with E-state index in [0.717, 1.165) is 23.2 Å². The van der Waals surface area contributed by atoms with Crippen LogP contribution in [0, 0.1) is 0 Å². The molecule has 0 bridgehead atoms. The van der Waals surface area contributed by atoms with Crippen LogP contribution >= 0.6 is 15.9 Å². The fourth-order valence-electron chi connectivity index (χ4n) is 3.98. The third-order valence-electron chi connectivity index (χ3n) is 5.37. The number of H-pyrrole nitrogens is 1. The molecule has 0 saturated heterocycles. The topological polar surface area (TPSA) is 37.0 Å². The predicted molar refractivity (Wildman–Crippen MR) is 117 cm³/mol. The van der Waals surface area contributed by atoms with Crippen molar-refractivity contribution in [1.82, 2.24) is 10.3 Å². The zero-order valence-electron chi connectivity index (χ0n) is 15.4. The van der Waals surface area contributed by atoms with E-state index in [9.17, 15) is 0 Å². The highest BCUT2D eigenvalue weighted by atomic mass is 79.9. The van der Waals surface area contributed by atoms with Gasteiger partial charge in [-0.3, -0.25) is 0 Å². The van der Waals surface area contributed by atoms with Gasteiger partial charge in [0.25, 0.3) is 0 Å². The number of fused-ring (bicyclic) bond motifs is 3. The molecule has 5 rings (SSSR count). The number of aromatic nitrogens is 1. The predicted octanol–water partition coefficient (Wildman–Crippen LogP) is 5.74. The van der Waals surface area contributed by atoms with Crippen LogP contribution in [0.15, 0.2) is 77.3 Å². The zero-order chi connectivity index (χ0) is 18.9. The van der Waals surface area contributed by atoms with E-state index < -0.39 is 0 Å². The summed E-state index contributed by atoms with van der Waals surface area (Å²) in [5.41, 5.74) is 6.29. The van der Waals surface area contributed by atoms with Gasteiger partial charge in [-0.2, -0.15) is 0 Å². The minimum atomic E-state index is 0.193. The quantitative estimate of drug-likeness (QED) is 0.431. The summed E-state index contributed by atoms with van der Waals surface area (Å²) in [5, 5.41) is 4.92. The second kappa shape index (κ2) is 7.46. The number of aromatic amines is 1. The van der Waals surface area contributed by atoms with Gasteiger partial charge in [-0.15, -0.1) is 0 Å². The maximum Gasteiger partial charge on any atom is 0.120 e. The minimum absolute atomic E-state index is 0.193. The van der Waals surface area contributed by atoms with Gasteiger partial charge in [0.05, 0.1) is 6.04 Å². The Labute approximate surface area is 172 Å². The second-order valence-electron chi connectivity index (χ2n) is 7.19. The van der Waals surface area contributed by atoms with Crippen LogP contribution in [-0.2, 0) is 13.0 Å². The first-order chi connectivity index (χ1) is 13.8. The molecule has 0 saturated carbocycles. The molecule has 0 radical (unpaired) electrons. The van der Waals surface area contributed by atoms with Crippen LogP contribution in [0.2, 0.25) is 0 Å². The molecule has 0 spiro atoms. The van der Waals surface area contributed by atoms with Crippen molar-refractivity contribution >= 4 is 26.8 Å². The summed E-state index contributed by atoms with van der Waals surface area (Å²) in [6.45, 7) is 1.55. The van der Waals surface area contributed by atoms with Crippen molar-refractivity contribution in [3.63, 3.8) is 0 Å². The number of halogens is 1. The van der Waals surface area contributed by atoms with E-state index in [2.05, 4.69) is 80.8 Å². The summed E-state index contributed by atoms with van der Waals surface area (Å²) in [5.74, 6) is 0.914. The van der Waals surface area contributed by atoms with E-state index in [1.165, 1.54) is 33.3 Å². The number of rotatable bonds is 4. The molecule has 1 aromatic heterocycles. The smallest absolute Gasteiger partial charge is 0.120 e. The van der Waals surface area contributed by atoms with Gasteiger partial charge in [0.15, 0.2) is 0 Å². The number of benzene rings is 3. The van der Waals surface area contributed by atoms with E-state index >= 15 is 0 Å². The SMILES string of the molecule is Brc1ccc([C@H]2NCCc3c2[nH]c2ccc(OCc4ccccc4)cc32)cc1. The summed E-state index contributed by atoms with van der Waals surface area (Å²) >= 11 is 3.53. The number of ether oxygens (including phenoxy) is 1. The van der Waals surface area contributed by atoms with Crippen LogP contribution in [-0.4, -0.2) is 11.5 Å². The maximum atomic E-state index is 6.05. The standard InChI is InChI=1S/C24H21BrN2O/c25-18-8-6-17(7-9-18)23-24-20(12-13-26-23)21-14-19(10-11-22(21)27-24)28-15-16-4-2-1-3-5-16/h1-11,14,23,26-27H,12-13,15H2/t23-/m1/s1. The lowest BCUT2D eigenvalue weighted by Gasteiger charge is -2.25. The molecular weight excluding hydrogens is 412 g/mol. The minimum Gasteiger partial charge on any atom is -0.489 e. The fourth-order valence-corrected chi connectivity index (χ4v) is 4.24. The van der Waals surface area contributed by atoms with Gasteiger partial charge in [0, 0.05) is 27.6 Å². The molecule has 1 aliphatic heterocycles. The second-order valence-corrected chi connectivity index (χ2v) is 8.10. The van der Waals surface area contributed by atoms with Crippen molar-refractivity contribution in [2.45, 2.75) is 19.1 Å². The van der Waals surface area contributed by atoms with Gasteiger partial charge in [-0.05, 0) is 53.4 Å². The lowest BCUT2D eigenvalue weighted by Crippen LogP contribution is -2.30. The first-order valence-corrected chi connectivity index (χ1v) is 10.4. The van der Waals surface area contributed by atoms with Crippen LogP contribution in [0.5, 0.6) is 5.75 Å². The van der Waals surface area contributed by atoms with Gasteiger partial charge in [-0.1, -0.05) is 58.4 Å². The Kier molecular flexibility index (Phi) is 4.67. The largest absolute Gasteiger partial charge is 0.489 e. The zero-order valence-corrected chi connectivity index (χ0v) is 17.0. The van der Waals surface area contributed by atoms with Crippen molar-refractivity contribution in [3.05, 3.63) is 99.7 Å². The molecule has 2 heterocycles. The lowest BCUT2D eigenvalue weighted by molar-refractivity contribution is 0.306. The molecule has 3 aromatic carbocycles. The average molecular weight is 433 g/mol. The third-order valence-corrected chi connectivity index (χ3v) is 5.90. The summed E-state index contributed by atoms with van der Waals surface area (Å²) in [6, 6.07) is 25.4. The van der Waals surface area contributed by atoms with E-state index in [0.29, 0.717) is 6.61 Å². The van der Waals surface area contributed by atoms with Crippen molar-refractivity contribution in [3.8, 4) is 5.75 Å². The van der Waals surface area contributed by atoms with Gasteiger partial charge < -0.3 is 15.0 Å². The first kappa shape index (κ1) is 17.5. The average Bonchev–Trinajstić information content (AvgIpc) is 3.12. The van der Waals surface area contributed by atoms with Crippen LogP contribution in [0.4, 0.5) is 0 Å². The summed E-state index contributed by atoms with van der Waals surface area (Å²) < 4.78 is 7.15. The maximum absolute atomic E-state index is 6.05. The van der Waals surface area contributed by atoms with E-state index in [-0.39, 0.29) is 6.04 Å². The monoisotopic (exact) mass is 432 g/mol. The molecule has 4 heteroatoms. The van der Waals surface area contributed by atoms with E-state index in [1.807, 2.05) is 18.2 Å². The Morgan fingerprint density at radius 2 is 1.79 bits per heavy atom. The molecule has 1 atom stereocenters. The van der Waals surface area contributed by atoms with Crippen molar-refractivity contribution < 1.29 is 4.74 Å². The van der Waals surface area contributed by atoms with Crippen molar-refractivity contribution in [1.29, 1.82) is 0 Å². The Morgan fingerprint density at radius 3 is 2.61 bits per heavy atom. The Balaban J connectivity index is 1.47. The van der Waals surface area contributed by atoms with Crippen LogP contribution in [0.3, 0.4) is 0 Å². The van der Waals surface area contributed by atoms with E-state index in [4.69, 9.17) is 4.74 Å². The van der Waals surface area contributed by atoms with Gasteiger partial charge in [0.2, 0.25) is 0 Å². The molecule has 0 amide bonds. The molecule has 3 nitrogen and oxygen atoms in total. The molecular formula is C24H21BrN2O. The fraction of sp³-hybridized carbons (Fsp3) is 0.167. The lowest BCUT2D eigenvalue weighted by atomic mass is 9.94. The van der Waals surface area contributed by atoms with Crippen molar-refractivity contribution in [2.75, 3.05) is 6.54 Å². The van der Waals surface area contributed by atoms with Gasteiger partial charge >= 0.3 is 0 Å². The number of hydrogen-bond donors (Lipinski definition) is 2. The molecule has 1 aliphatic rings. The number of hydrogen-bond acceptors (Lipinski definition) is 2. The molecule has 28 heavy (non-hydrogen) atoms. The summed E-state index contributed by atoms with van der Waals surface area (Å²) in [4.78, 5) is 3.65. The Bertz CT molecular complexity index is 1100. The molecule has 140 valence electrons. The first-order valence-electron chi connectivity index (χ1n) is 9.58. The van der Waals surface area contributed by atoms with E-state index in [1.54, 1.807) is 0 Å².